The first-order valence-electron chi connectivity index (χ1n) is 14.5. The van der Waals surface area contributed by atoms with Gasteiger partial charge in [-0.15, -0.1) is 15.3 Å². The predicted octanol–water partition coefficient (Wildman–Crippen LogP) is 2.15. The summed E-state index contributed by atoms with van der Waals surface area (Å²) in [5.41, 5.74) is 2.42. The van der Waals surface area contributed by atoms with Crippen molar-refractivity contribution in [1.29, 1.82) is 0 Å². The number of hydrogen-bond acceptors (Lipinski definition) is 14. The van der Waals surface area contributed by atoms with Crippen LogP contribution in [-0.2, 0) is 10.1 Å². The molecule has 14 nitrogen and oxygen atoms in total. The van der Waals surface area contributed by atoms with Crippen molar-refractivity contribution in [2.24, 2.45) is 30.7 Å². The van der Waals surface area contributed by atoms with E-state index in [1.54, 1.807) is 42.5 Å². The van der Waals surface area contributed by atoms with Crippen molar-refractivity contribution in [3.8, 4) is 28.4 Å². The van der Waals surface area contributed by atoms with Gasteiger partial charge in [0.25, 0.3) is 0 Å². The van der Waals surface area contributed by atoms with Crippen LogP contribution in [0.2, 0.25) is 0 Å². The number of aromatic hydroxyl groups is 3. The quantitative estimate of drug-likeness (QED) is 0.113. The van der Waals surface area contributed by atoms with Crippen LogP contribution in [0.4, 0.5) is 34.1 Å². The third-order valence-corrected chi connectivity index (χ3v) is 8.21. The Balaban J connectivity index is 0.00000302. The molecule has 0 aliphatic heterocycles. The van der Waals surface area contributed by atoms with Crippen LogP contribution in [0.3, 0.4) is 0 Å². The molecule has 3 N–H and O–H groups in total. The van der Waals surface area contributed by atoms with Crippen molar-refractivity contribution in [1.82, 2.24) is 0 Å². The Morgan fingerprint density at radius 2 is 1.06 bits per heavy atom. The van der Waals surface area contributed by atoms with E-state index >= 15 is 0 Å². The van der Waals surface area contributed by atoms with E-state index in [0.717, 1.165) is 23.3 Å². The first kappa shape index (κ1) is 39.9. The smallest absolute Gasteiger partial charge is 0.744 e. The van der Waals surface area contributed by atoms with E-state index in [-0.39, 0.29) is 92.8 Å². The molecular weight excluding hydrogens is 710 g/mol. The van der Waals surface area contributed by atoms with E-state index in [9.17, 15) is 38.2 Å². The summed E-state index contributed by atoms with van der Waals surface area (Å²) in [6.45, 7) is 0. The maximum absolute atomic E-state index is 11.7. The fourth-order valence-corrected chi connectivity index (χ4v) is 5.50. The molecule has 0 aliphatic carbocycles. The number of carboxylic acids is 1. The van der Waals surface area contributed by atoms with Crippen molar-refractivity contribution in [2.75, 3.05) is 0 Å². The van der Waals surface area contributed by atoms with E-state index in [1.165, 1.54) is 36.4 Å². The molecule has 0 bridgehead atoms. The second kappa shape index (κ2) is 17.1. The summed E-state index contributed by atoms with van der Waals surface area (Å²) in [6.07, 6.45) is 0. The number of hydrogen-bond donors (Lipinski definition) is 3. The molecule has 6 aromatic carbocycles. The Morgan fingerprint density at radius 3 is 1.65 bits per heavy atom. The van der Waals surface area contributed by atoms with E-state index < -0.39 is 38.2 Å². The van der Waals surface area contributed by atoms with Gasteiger partial charge in [0.05, 0.1) is 33.6 Å². The SMILES string of the molecule is O=C([O-])c1cc(N=Nc2ccc(-c3ccc(N=Nc4ccc(O)c(N=Nc5ccc(S(=O)(=O)[O-])c6ccccc56)c4O)cc3)cc2)ccc1O.[Na+].[Na+]. The maximum atomic E-state index is 11.7. The van der Waals surface area contributed by atoms with Crippen molar-refractivity contribution in [3.05, 3.63) is 121 Å². The number of azo groups is 3. The monoisotopic (exact) mass is 732 g/mol. The standard InChI is InChI=1S/C35H24N6O8S.2Na/c42-30-16-13-24(19-27(30)35(45)46)38-36-22-9-5-20(6-10-22)21-7-11-23(12-8-21)37-40-29-14-17-31(43)33(34(29)44)41-39-28-15-18-32(50(47,48)49)26-4-2-1-3-25(26)28;;/h1-19,42-44H,(H,45,46)(H,47,48,49);;/q;2*+1/p-2. The number of aromatic carboxylic acids is 1. The molecule has 0 saturated heterocycles. The summed E-state index contributed by atoms with van der Waals surface area (Å²) < 4.78 is 35.1. The molecule has 0 unspecified atom stereocenters. The fraction of sp³-hybridized carbons (Fsp3) is 0. The summed E-state index contributed by atoms with van der Waals surface area (Å²) in [6, 6.07) is 29.2. The first-order valence-corrected chi connectivity index (χ1v) is 15.9. The summed E-state index contributed by atoms with van der Waals surface area (Å²) in [7, 11) is -4.75. The van der Waals surface area contributed by atoms with Gasteiger partial charge in [-0.3, -0.25) is 0 Å². The van der Waals surface area contributed by atoms with Crippen LogP contribution in [0.5, 0.6) is 17.2 Å². The molecule has 248 valence electrons. The summed E-state index contributed by atoms with van der Waals surface area (Å²) in [5.74, 6) is -2.84. The van der Waals surface area contributed by atoms with Gasteiger partial charge < -0.3 is 29.8 Å². The van der Waals surface area contributed by atoms with Crippen LogP contribution < -0.4 is 64.2 Å². The Labute approximate surface area is 340 Å². The molecule has 0 aromatic heterocycles. The number of benzene rings is 6. The Bertz CT molecular complexity index is 2480. The van der Waals surface area contributed by atoms with Crippen molar-refractivity contribution >= 4 is 61.0 Å². The van der Waals surface area contributed by atoms with Crippen molar-refractivity contribution in [2.45, 2.75) is 4.90 Å². The topological polar surface area (TPSA) is 232 Å². The Morgan fingerprint density at radius 1 is 0.558 bits per heavy atom. The number of carboxylic acid groups (broad SMARTS) is 1. The molecule has 0 aliphatic rings. The predicted molar refractivity (Wildman–Crippen MR) is 179 cm³/mol. The van der Waals surface area contributed by atoms with Gasteiger partial charge in [0.15, 0.2) is 11.4 Å². The molecule has 6 rings (SSSR count). The Hall–Kier alpha value is -4.84. The average Bonchev–Trinajstić information content (AvgIpc) is 3.10. The van der Waals surface area contributed by atoms with E-state index in [2.05, 4.69) is 30.7 Å². The van der Waals surface area contributed by atoms with Crippen LogP contribution in [-0.4, -0.2) is 34.3 Å². The summed E-state index contributed by atoms with van der Waals surface area (Å²) in [5, 5.41) is 66.8. The van der Waals surface area contributed by atoms with Crippen molar-refractivity contribution < 1.29 is 97.3 Å². The number of phenols is 3. The zero-order valence-corrected chi connectivity index (χ0v) is 32.3. The van der Waals surface area contributed by atoms with E-state index in [0.29, 0.717) is 16.8 Å². The second-order valence-electron chi connectivity index (χ2n) is 10.6. The number of phenolic OH excluding ortho intramolecular Hbond substituents is 2. The second-order valence-corrected chi connectivity index (χ2v) is 11.9. The molecule has 0 amide bonds. The summed E-state index contributed by atoms with van der Waals surface area (Å²) >= 11 is 0. The minimum atomic E-state index is -4.75. The number of fused-ring (bicyclic) bond motifs is 1. The van der Waals surface area contributed by atoms with Gasteiger partial charge in [-0.05, 0) is 77.9 Å². The maximum Gasteiger partial charge on any atom is 1.00 e. The molecule has 0 fully saturated rings. The van der Waals surface area contributed by atoms with E-state index in [1.807, 2.05) is 24.3 Å². The minimum absolute atomic E-state index is 0. The molecule has 0 spiro atoms. The largest absolute Gasteiger partial charge is 1.00 e. The third-order valence-electron chi connectivity index (χ3n) is 7.32. The molecule has 17 heteroatoms. The summed E-state index contributed by atoms with van der Waals surface area (Å²) in [4.78, 5) is 10.7. The molecule has 0 heterocycles. The number of rotatable bonds is 9. The normalized spacial score (nSPS) is 11.6. The molecular formula is C35H22N6Na2O8S. The molecule has 0 atom stereocenters. The van der Waals surface area contributed by atoms with Crippen LogP contribution >= 0.6 is 0 Å². The first-order chi connectivity index (χ1) is 24.0. The van der Waals surface area contributed by atoms with E-state index in [4.69, 9.17) is 0 Å². The van der Waals surface area contributed by atoms with Crippen LogP contribution in [0.15, 0.2) is 151 Å². The third kappa shape index (κ3) is 9.14. The number of carbonyl (C=O) groups is 1. The van der Waals surface area contributed by atoms with Crippen molar-refractivity contribution in [3.63, 3.8) is 0 Å². The fourth-order valence-electron chi connectivity index (χ4n) is 4.82. The van der Waals surface area contributed by atoms with Crippen LogP contribution in [0.25, 0.3) is 21.9 Å². The average molecular weight is 733 g/mol. The van der Waals surface area contributed by atoms with Gasteiger partial charge in [0.2, 0.25) is 0 Å². The van der Waals surface area contributed by atoms with Gasteiger partial charge in [-0.25, -0.2) is 8.42 Å². The zero-order chi connectivity index (χ0) is 35.4. The molecule has 0 saturated carbocycles. The molecule has 52 heavy (non-hydrogen) atoms. The minimum Gasteiger partial charge on any atom is -0.744 e. The number of carbonyl (C=O) groups excluding carboxylic acids is 1. The molecule has 6 aromatic rings. The number of nitrogens with zero attached hydrogens (tertiary/aromatic N) is 6. The van der Waals surface area contributed by atoms with Gasteiger partial charge in [-0.1, -0.05) is 48.5 Å². The zero-order valence-electron chi connectivity index (χ0n) is 27.4. The van der Waals surface area contributed by atoms with Crippen LogP contribution in [0, 0.1) is 0 Å². The van der Waals surface area contributed by atoms with Gasteiger partial charge in [-0.2, -0.15) is 15.3 Å². The van der Waals surface area contributed by atoms with Gasteiger partial charge in [0, 0.05) is 16.3 Å². The molecule has 0 radical (unpaired) electrons. The van der Waals surface area contributed by atoms with Crippen LogP contribution in [0.1, 0.15) is 10.4 Å². The Kier molecular flexibility index (Phi) is 13.1. The van der Waals surface area contributed by atoms with Gasteiger partial charge in [0.1, 0.15) is 27.3 Å². The van der Waals surface area contributed by atoms with Gasteiger partial charge >= 0.3 is 59.1 Å².